The van der Waals surface area contributed by atoms with Crippen molar-refractivity contribution in [1.82, 2.24) is 4.57 Å². The summed E-state index contributed by atoms with van der Waals surface area (Å²) in [5.74, 6) is 1.01. The Labute approximate surface area is 113 Å². The van der Waals surface area contributed by atoms with E-state index in [2.05, 4.69) is 50.6 Å². The lowest BCUT2D eigenvalue weighted by atomic mass is 9.84. The van der Waals surface area contributed by atoms with E-state index < -0.39 is 8.24 Å². The Balaban J connectivity index is 2.18. The smallest absolute Gasteiger partial charge is 0.217 e. The maximum absolute atomic E-state index is 12.1. The topological polar surface area (TPSA) is 20.3 Å². The van der Waals surface area contributed by atoms with Crippen LogP contribution >= 0.6 is 0 Å². The number of carbonyl (C=O) groups is 1. The van der Waals surface area contributed by atoms with Gasteiger partial charge in [-0.1, -0.05) is 46.0 Å². The normalized spacial score (nSPS) is 29.4. The number of β-lactam (4-membered cyclic amide) rings is 1. The zero-order valence-corrected chi connectivity index (χ0v) is 13.5. The van der Waals surface area contributed by atoms with Crippen LogP contribution in [0.3, 0.4) is 0 Å². The van der Waals surface area contributed by atoms with Gasteiger partial charge < -0.3 is 4.57 Å². The molecule has 0 spiro atoms. The third kappa shape index (κ3) is 2.17. The van der Waals surface area contributed by atoms with Crippen molar-refractivity contribution < 1.29 is 4.79 Å². The fourth-order valence-electron chi connectivity index (χ4n) is 3.03. The number of hydrogen-bond acceptors (Lipinski definition) is 1. The van der Waals surface area contributed by atoms with Gasteiger partial charge in [0.25, 0.3) is 0 Å². The number of carbonyl (C=O) groups excluding carboxylic acids is 1. The molecular weight excluding hydrogens is 238 g/mol. The van der Waals surface area contributed by atoms with Gasteiger partial charge >= 0.3 is 0 Å². The molecule has 0 aromatic heterocycles. The van der Waals surface area contributed by atoms with Crippen LogP contribution in [-0.4, -0.2) is 24.7 Å². The number of amides is 1. The summed E-state index contributed by atoms with van der Waals surface area (Å²) >= 11 is 0. The van der Waals surface area contributed by atoms with Crippen molar-refractivity contribution in [2.45, 2.75) is 70.6 Å². The van der Waals surface area contributed by atoms with E-state index in [1.165, 1.54) is 19.3 Å². The zero-order chi connectivity index (χ0) is 13.6. The van der Waals surface area contributed by atoms with Crippen LogP contribution in [0, 0.1) is 5.92 Å². The first-order valence-electron chi connectivity index (χ1n) is 7.24. The molecule has 0 bridgehead atoms. The van der Waals surface area contributed by atoms with Crippen LogP contribution in [0.25, 0.3) is 0 Å². The highest BCUT2D eigenvalue weighted by molar-refractivity contribution is 6.79. The van der Waals surface area contributed by atoms with Crippen LogP contribution in [0.5, 0.6) is 0 Å². The van der Waals surface area contributed by atoms with Crippen molar-refractivity contribution in [3.63, 3.8) is 0 Å². The summed E-state index contributed by atoms with van der Waals surface area (Å²) in [4.78, 5) is 12.1. The van der Waals surface area contributed by atoms with E-state index in [-0.39, 0.29) is 5.04 Å². The van der Waals surface area contributed by atoms with E-state index in [1.54, 1.807) is 0 Å². The summed E-state index contributed by atoms with van der Waals surface area (Å²) in [6.07, 6.45) is 9.22. The summed E-state index contributed by atoms with van der Waals surface area (Å²) < 4.78 is 2.30. The molecule has 1 amide bonds. The van der Waals surface area contributed by atoms with Gasteiger partial charge in [-0.05, 0) is 30.2 Å². The van der Waals surface area contributed by atoms with Gasteiger partial charge in [0, 0.05) is 12.5 Å². The second-order valence-electron chi connectivity index (χ2n) is 7.37. The molecule has 1 fully saturated rings. The molecule has 18 heavy (non-hydrogen) atoms. The lowest BCUT2D eigenvalue weighted by molar-refractivity contribution is -0.140. The molecule has 1 heterocycles. The van der Waals surface area contributed by atoms with Crippen molar-refractivity contribution in [2.75, 3.05) is 0 Å². The second-order valence-corrected chi connectivity index (χ2v) is 12.5. The number of rotatable bonds is 2. The maximum Gasteiger partial charge on any atom is 0.217 e. The van der Waals surface area contributed by atoms with E-state index >= 15 is 0 Å². The van der Waals surface area contributed by atoms with Gasteiger partial charge in [-0.25, -0.2) is 0 Å². The van der Waals surface area contributed by atoms with E-state index in [0.717, 1.165) is 6.42 Å². The molecule has 0 radical (unpaired) electrons. The Hall–Kier alpha value is -0.573. The fourth-order valence-corrected chi connectivity index (χ4v) is 5.58. The van der Waals surface area contributed by atoms with Crippen LogP contribution in [0.2, 0.25) is 18.1 Å². The molecular formula is C15H27NOSi. The molecule has 0 aromatic carbocycles. The maximum atomic E-state index is 12.1. The highest BCUT2D eigenvalue weighted by atomic mass is 28.3. The summed E-state index contributed by atoms with van der Waals surface area (Å²) in [7, 11) is -1.68. The van der Waals surface area contributed by atoms with Crippen molar-refractivity contribution in [1.29, 1.82) is 0 Å². The largest absolute Gasteiger partial charge is 0.365 e. The highest BCUT2D eigenvalue weighted by Gasteiger charge is 2.53. The molecule has 2 rings (SSSR count). The standard InChI is InChI=1S/C15H27NOSi/c1-15(2,3)18(4,5)16-13(11-14(16)17)12-9-7-6-8-10-12/h7,9,12-13H,6,8,10-11H2,1-5H3. The molecule has 1 saturated heterocycles. The molecule has 102 valence electrons. The van der Waals surface area contributed by atoms with Crippen LogP contribution in [0.4, 0.5) is 0 Å². The minimum Gasteiger partial charge on any atom is -0.365 e. The lowest BCUT2D eigenvalue weighted by Gasteiger charge is -2.57. The lowest BCUT2D eigenvalue weighted by Crippen LogP contribution is -2.69. The predicted molar refractivity (Wildman–Crippen MR) is 78.9 cm³/mol. The Morgan fingerprint density at radius 3 is 2.44 bits per heavy atom. The SMILES string of the molecule is CC(C)(C)[Si](C)(C)N1C(=O)CC1C1C=CCCC1. The number of hydrogen-bond donors (Lipinski definition) is 0. The minimum atomic E-state index is -1.68. The first kappa shape index (κ1) is 13.8. The quantitative estimate of drug-likeness (QED) is 0.420. The average molecular weight is 265 g/mol. The van der Waals surface area contributed by atoms with Crippen LogP contribution in [0.1, 0.15) is 46.5 Å². The van der Waals surface area contributed by atoms with Gasteiger partial charge in [0.05, 0.1) is 0 Å². The van der Waals surface area contributed by atoms with Crippen LogP contribution < -0.4 is 0 Å². The monoisotopic (exact) mass is 265 g/mol. The van der Waals surface area contributed by atoms with Crippen molar-refractivity contribution in [3.05, 3.63) is 12.2 Å². The summed E-state index contributed by atoms with van der Waals surface area (Å²) in [5.41, 5.74) is 0. The number of nitrogens with zero attached hydrogens (tertiary/aromatic N) is 1. The first-order chi connectivity index (χ1) is 8.25. The van der Waals surface area contributed by atoms with Crippen molar-refractivity contribution in [2.24, 2.45) is 5.92 Å². The average Bonchev–Trinajstić information content (AvgIpc) is 2.24. The Bertz CT molecular complexity index is 367. The summed E-state index contributed by atoms with van der Waals surface area (Å²) in [6.45, 7) is 11.6. The summed E-state index contributed by atoms with van der Waals surface area (Å²) in [6, 6.07) is 0.495. The zero-order valence-electron chi connectivity index (χ0n) is 12.5. The second kappa shape index (κ2) is 4.51. The Morgan fingerprint density at radius 1 is 1.33 bits per heavy atom. The predicted octanol–water partition coefficient (Wildman–Crippen LogP) is 3.95. The molecule has 1 aliphatic heterocycles. The summed E-state index contributed by atoms with van der Waals surface area (Å²) in [5, 5.41) is 0.250. The number of allylic oxidation sites excluding steroid dienone is 1. The molecule has 2 atom stereocenters. The van der Waals surface area contributed by atoms with Gasteiger partial charge in [0.1, 0.15) is 0 Å². The highest BCUT2D eigenvalue weighted by Crippen LogP contribution is 2.45. The molecule has 0 saturated carbocycles. The minimum absolute atomic E-state index is 0.250. The third-order valence-corrected chi connectivity index (χ3v) is 10.7. The van der Waals surface area contributed by atoms with Gasteiger partial charge in [-0.15, -0.1) is 0 Å². The molecule has 0 N–H and O–H groups in total. The van der Waals surface area contributed by atoms with Crippen molar-refractivity contribution >= 4 is 14.1 Å². The van der Waals surface area contributed by atoms with E-state index in [4.69, 9.17) is 0 Å². The van der Waals surface area contributed by atoms with Crippen LogP contribution in [-0.2, 0) is 4.79 Å². The van der Waals surface area contributed by atoms with Gasteiger partial charge in [0.2, 0.25) is 5.91 Å². The van der Waals surface area contributed by atoms with E-state index in [0.29, 0.717) is 17.9 Å². The van der Waals surface area contributed by atoms with Gasteiger partial charge in [-0.3, -0.25) is 4.79 Å². The van der Waals surface area contributed by atoms with Gasteiger partial charge in [0.15, 0.2) is 8.24 Å². The first-order valence-corrected chi connectivity index (χ1v) is 10.2. The van der Waals surface area contributed by atoms with Gasteiger partial charge in [-0.2, -0.15) is 0 Å². The molecule has 2 nitrogen and oxygen atoms in total. The van der Waals surface area contributed by atoms with Crippen LogP contribution in [0.15, 0.2) is 12.2 Å². The van der Waals surface area contributed by atoms with E-state index in [1.807, 2.05) is 0 Å². The third-order valence-electron chi connectivity index (χ3n) is 5.21. The molecule has 2 aliphatic rings. The molecule has 0 aromatic rings. The molecule has 3 heteroatoms. The Kier molecular flexibility index (Phi) is 3.47. The van der Waals surface area contributed by atoms with Crippen molar-refractivity contribution in [3.8, 4) is 0 Å². The molecule has 1 aliphatic carbocycles. The van der Waals surface area contributed by atoms with E-state index in [9.17, 15) is 4.79 Å². The Morgan fingerprint density at radius 2 is 2.00 bits per heavy atom. The fraction of sp³-hybridized carbons (Fsp3) is 0.800. The molecule has 2 unspecified atom stereocenters.